The Kier molecular flexibility index (Phi) is 7.24. The van der Waals surface area contributed by atoms with Crippen molar-refractivity contribution in [1.29, 1.82) is 0 Å². The Morgan fingerprint density at radius 2 is 1.54 bits per heavy atom. The molecule has 3 rings (SSSR count). The van der Waals surface area contributed by atoms with Crippen LogP contribution in [0.2, 0.25) is 0 Å². The van der Waals surface area contributed by atoms with Crippen LogP contribution in [0.4, 0.5) is 0 Å². The number of aliphatic hydroxyl groups is 1. The first-order chi connectivity index (χ1) is 13.5. The SMILES string of the molecule is CC(C)C[C@@H]([C@H](O)[C@@H]1CCOC1=O)N(Cc1ccccc1)Cc1ccccc1. The van der Waals surface area contributed by atoms with Crippen LogP contribution in [0.5, 0.6) is 0 Å². The number of rotatable bonds is 9. The summed E-state index contributed by atoms with van der Waals surface area (Å²) >= 11 is 0. The first-order valence-corrected chi connectivity index (χ1v) is 10.2. The number of esters is 1. The molecule has 2 aromatic rings. The second-order valence-corrected chi connectivity index (χ2v) is 8.13. The topological polar surface area (TPSA) is 49.8 Å². The third kappa shape index (κ3) is 5.43. The van der Waals surface area contributed by atoms with Crippen molar-refractivity contribution >= 4 is 5.97 Å². The van der Waals surface area contributed by atoms with E-state index >= 15 is 0 Å². The van der Waals surface area contributed by atoms with Gasteiger partial charge in [0.25, 0.3) is 0 Å². The third-order valence-corrected chi connectivity index (χ3v) is 5.42. The molecule has 1 aliphatic heterocycles. The van der Waals surface area contributed by atoms with Crippen LogP contribution in [0.15, 0.2) is 60.7 Å². The van der Waals surface area contributed by atoms with E-state index in [9.17, 15) is 9.90 Å². The Hall–Kier alpha value is -2.17. The lowest BCUT2D eigenvalue weighted by molar-refractivity contribution is -0.145. The standard InChI is InChI=1S/C24H31NO3/c1-18(2)15-22(23(26)21-13-14-28-24(21)27)25(16-19-9-5-3-6-10-19)17-20-11-7-4-8-12-20/h3-12,18,21-23,26H,13-17H2,1-2H3/t21-,22-,23+/m0/s1. The number of cyclic esters (lactones) is 1. The van der Waals surface area contributed by atoms with Gasteiger partial charge in [-0.2, -0.15) is 0 Å². The first kappa shape index (κ1) is 20.6. The Morgan fingerprint density at radius 3 is 1.96 bits per heavy atom. The summed E-state index contributed by atoms with van der Waals surface area (Å²) in [5, 5.41) is 11.2. The molecule has 0 radical (unpaired) electrons. The summed E-state index contributed by atoms with van der Waals surface area (Å²) in [6, 6.07) is 20.5. The molecular weight excluding hydrogens is 350 g/mol. The van der Waals surface area contributed by atoms with E-state index < -0.39 is 12.0 Å². The zero-order valence-corrected chi connectivity index (χ0v) is 16.8. The van der Waals surface area contributed by atoms with Crippen molar-refractivity contribution in [2.75, 3.05) is 6.61 Å². The summed E-state index contributed by atoms with van der Waals surface area (Å²) in [7, 11) is 0. The molecule has 1 fully saturated rings. The van der Waals surface area contributed by atoms with E-state index in [1.165, 1.54) is 11.1 Å². The second kappa shape index (κ2) is 9.85. The number of benzene rings is 2. The molecular formula is C24H31NO3. The van der Waals surface area contributed by atoms with Gasteiger partial charge in [0.15, 0.2) is 0 Å². The average Bonchev–Trinajstić information content (AvgIpc) is 3.12. The fourth-order valence-electron chi connectivity index (χ4n) is 4.00. The zero-order chi connectivity index (χ0) is 19.9. The molecule has 0 spiro atoms. The van der Waals surface area contributed by atoms with Gasteiger partial charge in [-0.05, 0) is 29.9 Å². The lowest BCUT2D eigenvalue weighted by atomic mass is 9.88. The van der Waals surface area contributed by atoms with Crippen molar-refractivity contribution in [1.82, 2.24) is 4.90 Å². The molecule has 2 aromatic carbocycles. The molecule has 1 N–H and O–H groups in total. The molecule has 0 unspecified atom stereocenters. The quantitative estimate of drug-likeness (QED) is 0.667. The Balaban J connectivity index is 1.88. The van der Waals surface area contributed by atoms with Gasteiger partial charge in [0, 0.05) is 19.1 Å². The molecule has 0 bridgehead atoms. The fourth-order valence-corrected chi connectivity index (χ4v) is 4.00. The Bertz CT molecular complexity index is 691. The molecule has 150 valence electrons. The largest absolute Gasteiger partial charge is 0.465 e. The molecule has 0 saturated carbocycles. The maximum Gasteiger partial charge on any atom is 0.311 e. The van der Waals surface area contributed by atoms with Crippen molar-refractivity contribution in [3.05, 3.63) is 71.8 Å². The maximum absolute atomic E-state index is 12.1. The van der Waals surface area contributed by atoms with Crippen LogP contribution < -0.4 is 0 Å². The summed E-state index contributed by atoms with van der Waals surface area (Å²) in [5.74, 6) is -0.287. The van der Waals surface area contributed by atoms with E-state index in [-0.39, 0.29) is 12.0 Å². The van der Waals surface area contributed by atoms with E-state index in [2.05, 4.69) is 43.0 Å². The third-order valence-electron chi connectivity index (χ3n) is 5.42. The highest BCUT2D eigenvalue weighted by Gasteiger charge is 2.40. The summed E-state index contributed by atoms with van der Waals surface area (Å²) in [6.07, 6.45) is 0.689. The van der Waals surface area contributed by atoms with Crippen LogP contribution in [0.1, 0.15) is 37.8 Å². The van der Waals surface area contributed by atoms with Gasteiger partial charge >= 0.3 is 5.97 Å². The zero-order valence-electron chi connectivity index (χ0n) is 16.8. The van der Waals surface area contributed by atoms with Crippen molar-refractivity contribution in [2.24, 2.45) is 11.8 Å². The molecule has 4 nitrogen and oxygen atoms in total. The van der Waals surface area contributed by atoms with E-state index in [0.717, 1.165) is 19.5 Å². The van der Waals surface area contributed by atoms with Gasteiger partial charge in [-0.15, -0.1) is 0 Å². The molecule has 0 aromatic heterocycles. The van der Waals surface area contributed by atoms with Crippen molar-refractivity contribution in [3.8, 4) is 0 Å². The van der Waals surface area contributed by atoms with Gasteiger partial charge in [-0.1, -0.05) is 74.5 Å². The van der Waals surface area contributed by atoms with Crippen LogP contribution in [0.3, 0.4) is 0 Å². The summed E-state index contributed by atoms with van der Waals surface area (Å²) in [6.45, 7) is 6.19. The number of carbonyl (C=O) groups excluding carboxylic acids is 1. The summed E-state index contributed by atoms with van der Waals surface area (Å²) < 4.78 is 5.14. The summed E-state index contributed by atoms with van der Waals surface area (Å²) in [4.78, 5) is 14.5. The predicted octanol–water partition coefficient (Wildman–Crippen LogP) is 4.03. The average molecular weight is 382 g/mol. The highest BCUT2D eigenvalue weighted by atomic mass is 16.5. The predicted molar refractivity (Wildman–Crippen MR) is 110 cm³/mol. The van der Waals surface area contributed by atoms with Crippen molar-refractivity contribution in [3.63, 3.8) is 0 Å². The lowest BCUT2D eigenvalue weighted by Crippen LogP contribution is -2.48. The first-order valence-electron chi connectivity index (χ1n) is 10.2. The molecule has 0 aliphatic carbocycles. The molecule has 1 heterocycles. The minimum atomic E-state index is -0.732. The lowest BCUT2D eigenvalue weighted by Gasteiger charge is -2.37. The van der Waals surface area contributed by atoms with Gasteiger partial charge in [-0.25, -0.2) is 0 Å². The molecule has 28 heavy (non-hydrogen) atoms. The molecule has 3 atom stereocenters. The van der Waals surface area contributed by atoms with Crippen LogP contribution in [-0.2, 0) is 22.6 Å². The van der Waals surface area contributed by atoms with Crippen molar-refractivity contribution < 1.29 is 14.6 Å². The second-order valence-electron chi connectivity index (χ2n) is 8.13. The molecule has 0 amide bonds. The number of hydrogen-bond donors (Lipinski definition) is 1. The highest BCUT2D eigenvalue weighted by molar-refractivity contribution is 5.74. The van der Waals surface area contributed by atoms with Gasteiger partial charge in [0.05, 0.1) is 18.6 Å². The monoisotopic (exact) mass is 381 g/mol. The van der Waals surface area contributed by atoms with Gasteiger partial charge < -0.3 is 9.84 Å². The minimum absolute atomic E-state index is 0.115. The van der Waals surface area contributed by atoms with E-state index in [1.807, 2.05) is 36.4 Å². The number of hydrogen-bond acceptors (Lipinski definition) is 4. The van der Waals surface area contributed by atoms with Crippen LogP contribution in [0.25, 0.3) is 0 Å². The molecule has 1 saturated heterocycles. The smallest absolute Gasteiger partial charge is 0.311 e. The van der Waals surface area contributed by atoms with Crippen LogP contribution >= 0.6 is 0 Å². The van der Waals surface area contributed by atoms with Crippen molar-refractivity contribution in [2.45, 2.75) is 51.9 Å². The van der Waals surface area contributed by atoms with Crippen LogP contribution in [0, 0.1) is 11.8 Å². The normalized spacial score (nSPS) is 19.0. The van der Waals surface area contributed by atoms with E-state index in [1.54, 1.807) is 0 Å². The minimum Gasteiger partial charge on any atom is -0.465 e. The number of ether oxygens (including phenoxy) is 1. The maximum atomic E-state index is 12.1. The number of nitrogens with zero attached hydrogens (tertiary/aromatic N) is 1. The molecule has 4 heteroatoms. The van der Waals surface area contributed by atoms with Gasteiger partial charge in [0.1, 0.15) is 0 Å². The summed E-state index contributed by atoms with van der Waals surface area (Å²) in [5.41, 5.74) is 2.40. The van der Waals surface area contributed by atoms with E-state index in [0.29, 0.717) is 18.9 Å². The van der Waals surface area contributed by atoms with Gasteiger partial charge in [0.2, 0.25) is 0 Å². The Morgan fingerprint density at radius 1 is 1.00 bits per heavy atom. The number of aliphatic hydroxyl groups excluding tert-OH is 1. The number of carbonyl (C=O) groups is 1. The molecule has 1 aliphatic rings. The highest BCUT2D eigenvalue weighted by Crippen LogP contribution is 2.28. The van der Waals surface area contributed by atoms with E-state index in [4.69, 9.17) is 4.74 Å². The van der Waals surface area contributed by atoms with Gasteiger partial charge in [-0.3, -0.25) is 9.69 Å². The Labute approximate surface area is 168 Å². The fraction of sp³-hybridized carbons (Fsp3) is 0.458. The van der Waals surface area contributed by atoms with Crippen LogP contribution in [-0.4, -0.2) is 34.7 Å².